The minimum atomic E-state index is -0.0243. The van der Waals surface area contributed by atoms with Crippen LogP contribution in [0.5, 0.6) is 0 Å². The molecule has 0 aromatic carbocycles. The minimum absolute atomic E-state index is 0.0243. The Morgan fingerprint density at radius 1 is 1.64 bits per heavy atom. The van der Waals surface area contributed by atoms with Crippen LogP contribution in [0.3, 0.4) is 0 Å². The molecule has 0 saturated heterocycles. The topological polar surface area (TPSA) is 55.1 Å². The average Bonchev–Trinajstić information content (AvgIpc) is 2.37. The van der Waals surface area contributed by atoms with Gasteiger partial charge in [0.2, 0.25) is 5.91 Å². The van der Waals surface area contributed by atoms with Gasteiger partial charge in [0.05, 0.1) is 6.54 Å². The molecule has 2 unspecified atom stereocenters. The number of carbonyl (C=O) groups is 1. The van der Waals surface area contributed by atoms with E-state index in [2.05, 4.69) is 12.2 Å². The number of hydrogen-bond acceptors (Lipinski definition) is 2. The highest BCUT2D eigenvalue weighted by molar-refractivity contribution is 5.78. The van der Waals surface area contributed by atoms with Gasteiger partial charge in [0.1, 0.15) is 0 Å². The van der Waals surface area contributed by atoms with Crippen molar-refractivity contribution in [1.29, 1.82) is 0 Å². The summed E-state index contributed by atoms with van der Waals surface area (Å²) < 4.78 is 0. The zero-order valence-corrected chi connectivity index (χ0v) is 6.97. The van der Waals surface area contributed by atoms with Crippen molar-refractivity contribution in [1.82, 2.24) is 5.32 Å². The molecule has 1 fully saturated rings. The fraction of sp³-hybridized carbons (Fsp3) is 0.875. The van der Waals surface area contributed by atoms with Gasteiger partial charge in [-0.3, -0.25) is 4.79 Å². The molecule has 0 radical (unpaired) electrons. The van der Waals surface area contributed by atoms with Crippen molar-refractivity contribution >= 4 is 5.91 Å². The summed E-state index contributed by atoms with van der Waals surface area (Å²) in [5, 5.41) is 2.91. The first-order valence-corrected chi connectivity index (χ1v) is 4.23. The molecule has 1 amide bonds. The smallest absolute Gasteiger partial charge is 0.233 e. The number of amides is 1. The molecule has 0 heterocycles. The summed E-state index contributed by atoms with van der Waals surface area (Å²) in [5.41, 5.74) is 5.18. The number of hydrogen-bond donors (Lipinski definition) is 2. The quantitative estimate of drug-likeness (QED) is 0.602. The molecular formula is C8H16N2O. The van der Waals surface area contributed by atoms with Crippen LogP contribution in [0.2, 0.25) is 0 Å². The maximum Gasteiger partial charge on any atom is 0.233 e. The lowest BCUT2D eigenvalue weighted by Crippen LogP contribution is -2.39. The van der Waals surface area contributed by atoms with Gasteiger partial charge in [-0.25, -0.2) is 0 Å². The van der Waals surface area contributed by atoms with E-state index in [1.54, 1.807) is 0 Å². The van der Waals surface area contributed by atoms with Gasteiger partial charge in [-0.05, 0) is 18.8 Å². The molecule has 3 heteroatoms. The van der Waals surface area contributed by atoms with Gasteiger partial charge in [-0.2, -0.15) is 0 Å². The predicted octanol–water partition coefficient (Wildman–Crippen LogP) is 0.250. The Labute approximate surface area is 67.3 Å². The fourth-order valence-corrected chi connectivity index (χ4v) is 1.63. The summed E-state index contributed by atoms with van der Waals surface area (Å²) >= 11 is 0. The van der Waals surface area contributed by atoms with E-state index in [4.69, 9.17) is 5.73 Å². The van der Waals surface area contributed by atoms with E-state index in [0.29, 0.717) is 12.0 Å². The molecule has 64 valence electrons. The van der Waals surface area contributed by atoms with Crippen LogP contribution in [-0.4, -0.2) is 18.5 Å². The van der Waals surface area contributed by atoms with Crippen molar-refractivity contribution in [2.45, 2.75) is 32.2 Å². The summed E-state index contributed by atoms with van der Waals surface area (Å²) in [5.74, 6) is 0.606. The lowest BCUT2D eigenvalue weighted by Gasteiger charge is -2.16. The monoisotopic (exact) mass is 156 g/mol. The third-order valence-corrected chi connectivity index (χ3v) is 2.39. The summed E-state index contributed by atoms with van der Waals surface area (Å²) in [6.45, 7) is 2.29. The average molecular weight is 156 g/mol. The Bertz CT molecular complexity index is 147. The van der Waals surface area contributed by atoms with E-state index < -0.39 is 0 Å². The Morgan fingerprint density at radius 2 is 2.36 bits per heavy atom. The molecule has 3 nitrogen and oxygen atoms in total. The Kier molecular flexibility index (Phi) is 2.88. The molecule has 0 aromatic heterocycles. The first-order valence-electron chi connectivity index (χ1n) is 4.23. The van der Waals surface area contributed by atoms with E-state index in [1.807, 2.05) is 0 Å². The van der Waals surface area contributed by atoms with E-state index in [9.17, 15) is 4.79 Å². The molecule has 2 atom stereocenters. The first kappa shape index (κ1) is 8.53. The maximum absolute atomic E-state index is 10.9. The van der Waals surface area contributed by atoms with Gasteiger partial charge in [0.15, 0.2) is 0 Å². The SMILES string of the molecule is CC1CCCC1NC(=O)CN. The van der Waals surface area contributed by atoms with Crippen LogP contribution in [0.25, 0.3) is 0 Å². The number of rotatable bonds is 2. The van der Waals surface area contributed by atoms with Gasteiger partial charge in [-0.15, -0.1) is 0 Å². The van der Waals surface area contributed by atoms with Crippen molar-refractivity contribution in [3.63, 3.8) is 0 Å². The Hall–Kier alpha value is -0.570. The molecule has 0 aliphatic heterocycles. The second-order valence-corrected chi connectivity index (χ2v) is 3.29. The van der Waals surface area contributed by atoms with Gasteiger partial charge in [0, 0.05) is 6.04 Å². The van der Waals surface area contributed by atoms with E-state index >= 15 is 0 Å². The molecule has 0 bridgehead atoms. The van der Waals surface area contributed by atoms with Crippen LogP contribution >= 0.6 is 0 Å². The van der Waals surface area contributed by atoms with Gasteiger partial charge >= 0.3 is 0 Å². The number of carbonyl (C=O) groups excluding carboxylic acids is 1. The molecule has 11 heavy (non-hydrogen) atoms. The second kappa shape index (κ2) is 3.72. The third-order valence-electron chi connectivity index (χ3n) is 2.39. The van der Waals surface area contributed by atoms with Crippen LogP contribution in [-0.2, 0) is 4.79 Å². The van der Waals surface area contributed by atoms with Crippen molar-refractivity contribution in [2.24, 2.45) is 11.7 Å². The molecule has 3 N–H and O–H groups in total. The summed E-state index contributed by atoms with van der Waals surface area (Å²) in [6, 6.07) is 0.381. The minimum Gasteiger partial charge on any atom is -0.352 e. The zero-order valence-electron chi connectivity index (χ0n) is 6.97. The van der Waals surface area contributed by atoms with Crippen LogP contribution < -0.4 is 11.1 Å². The summed E-state index contributed by atoms with van der Waals surface area (Å²) in [6.07, 6.45) is 3.58. The molecular weight excluding hydrogens is 140 g/mol. The molecule has 0 spiro atoms. The fourth-order valence-electron chi connectivity index (χ4n) is 1.63. The lowest BCUT2D eigenvalue weighted by molar-refractivity contribution is -0.120. The third kappa shape index (κ3) is 2.19. The van der Waals surface area contributed by atoms with Gasteiger partial charge in [-0.1, -0.05) is 13.3 Å². The Balaban J connectivity index is 2.30. The summed E-state index contributed by atoms with van der Waals surface area (Å²) in [7, 11) is 0. The van der Waals surface area contributed by atoms with E-state index in [-0.39, 0.29) is 12.5 Å². The van der Waals surface area contributed by atoms with E-state index in [0.717, 1.165) is 6.42 Å². The molecule has 1 aliphatic carbocycles. The number of nitrogens with two attached hydrogens (primary N) is 1. The Morgan fingerprint density at radius 3 is 2.82 bits per heavy atom. The second-order valence-electron chi connectivity index (χ2n) is 3.29. The van der Waals surface area contributed by atoms with Crippen LogP contribution in [0.1, 0.15) is 26.2 Å². The number of nitrogens with one attached hydrogen (secondary N) is 1. The molecule has 1 aliphatic rings. The first-order chi connectivity index (χ1) is 5.24. The molecule has 1 rings (SSSR count). The van der Waals surface area contributed by atoms with Gasteiger partial charge < -0.3 is 11.1 Å². The van der Waals surface area contributed by atoms with Crippen molar-refractivity contribution in [3.8, 4) is 0 Å². The maximum atomic E-state index is 10.9. The van der Waals surface area contributed by atoms with Crippen molar-refractivity contribution in [3.05, 3.63) is 0 Å². The van der Waals surface area contributed by atoms with Crippen LogP contribution in [0.4, 0.5) is 0 Å². The van der Waals surface area contributed by atoms with Crippen LogP contribution in [0, 0.1) is 5.92 Å². The zero-order chi connectivity index (χ0) is 8.27. The summed E-state index contributed by atoms with van der Waals surface area (Å²) in [4.78, 5) is 10.9. The van der Waals surface area contributed by atoms with Crippen molar-refractivity contribution in [2.75, 3.05) is 6.54 Å². The highest BCUT2D eigenvalue weighted by Gasteiger charge is 2.23. The largest absolute Gasteiger partial charge is 0.352 e. The van der Waals surface area contributed by atoms with Crippen LogP contribution in [0.15, 0.2) is 0 Å². The highest BCUT2D eigenvalue weighted by Crippen LogP contribution is 2.24. The van der Waals surface area contributed by atoms with E-state index in [1.165, 1.54) is 12.8 Å². The molecule has 0 aromatic rings. The van der Waals surface area contributed by atoms with Gasteiger partial charge in [0.25, 0.3) is 0 Å². The lowest BCUT2D eigenvalue weighted by atomic mass is 10.1. The molecule has 1 saturated carbocycles. The highest BCUT2D eigenvalue weighted by atomic mass is 16.1. The normalized spacial score (nSPS) is 30.4. The predicted molar refractivity (Wildman–Crippen MR) is 44.0 cm³/mol. The standard InChI is InChI=1S/C8H16N2O/c1-6-3-2-4-7(6)10-8(11)5-9/h6-7H,2-5,9H2,1H3,(H,10,11). The van der Waals surface area contributed by atoms with Crippen molar-refractivity contribution < 1.29 is 4.79 Å².